The summed E-state index contributed by atoms with van der Waals surface area (Å²) in [6, 6.07) is 4.74. The van der Waals surface area contributed by atoms with Crippen molar-refractivity contribution in [1.82, 2.24) is 16.0 Å². The number of carbonyl (C=O) groups is 5. The van der Waals surface area contributed by atoms with Gasteiger partial charge in [0.1, 0.15) is 18.1 Å². The van der Waals surface area contributed by atoms with Gasteiger partial charge in [0.2, 0.25) is 17.7 Å². The van der Waals surface area contributed by atoms with Crippen LogP contribution in [0.15, 0.2) is 30.3 Å². The number of amides is 3. The van der Waals surface area contributed by atoms with Gasteiger partial charge in [0.15, 0.2) is 0 Å². The lowest BCUT2D eigenvalue weighted by molar-refractivity contribution is -0.143. The van der Waals surface area contributed by atoms with Gasteiger partial charge < -0.3 is 31.9 Å². The molecule has 3 amide bonds. The zero-order valence-corrected chi connectivity index (χ0v) is 22.3. The van der Waals surface area contributed by atoms with Crippen molar-refractivity contribution in [2.75, 3.05) is 12.0 Å². The zero-order chi connectivity index (χ0) is 28.0. The maximum absolute atomic E-state index is 13.1. The van der Waals surface area contributed by atoms with E-state index in [1.807, 2.05) is 44.2 Å². The fourth-order valence-electron chi connectivity index (χ4n) is 3.52. The minimum atomic E-state index is -1.30. The van der Waals surface area contributed by atoms with Crippen LogP contribution in [0.1, 0.15) is 45.1 Å². The maximum atomic E-state index is 13.1. The Hall–Kier alpha value is -3.12. The van der Waals surface area contributed by atoms with E-state index in [4.69, 9.17) is 10.8 Å². The minimum absolute atomic E-state index is 0.00405. The number of nitrogens with one attached hydrogen (secondary N) is 3. The highest BCUT2D eigenvalue weighted by Gasteiger charge is 2.31. The average Bonchev–Trinajstić information content (AvgIpc) is 2.83. The molecule has 1 rings (SSSR count). The van der Waals surface area contributed by atoms with E-state index in [2.05, 4.69) is 16.0 Å². The molecule has 1 aromatic rings. The molecule has 0 aromatic heterocycles. The van der Waals surface area contributed by atoms with Gasteiger partial charge in [-0.25, -0.2) is 4.79 Å². The van der Waals surface area contributed by atoms with Crippen LogP contribution in [-0.2, 0) is 30.4 Å². The molecular formula is C25H38N4O7S. The monoisotopic (exact) mass is 538 g/mol. The van der Waals surface area contributed by atoms with Crippen molar-refractivity contribution in [2.45, 2.75) is 70.1 Å². The Labute approximate surface area is 221 Å². The fraction of sp³-hybridized carbons (Fsp3) is 0.560. The number of nitrogens with two attached hydrogens (primary N) is 1. The Morgan fingerprint density at radius 2 is 1.43 bits per heavy atom. The van der Waals surface area contributed by atoms with Gasteiger partial charge in [-0.2, -0.15) is 11.8 Å². The topological polar surface area (TPSA) is 188 Å². The molecule has 0 fully saturated rings. The molecule has 0 radical (unpaired) electrons. The molecule has 206 valence electrons. The molecule has 0 aliphatic carbocycles. The van der Waals surface area contributed by atoms with Gasteiger partial charge in [-0.3, -0.25) is 19.2 Å². The molecule has 0 saturated heterocycles. The summed E-state index contributed by atoms with van der Waals surface area (Å²) >= 11 is 1.41. The standard InChI is InChI=1S/C25H38N4O7S/c1-15(2)13-20(29-22(32)17(26)14-16-7-5-4-6-8-16)24(34)27-18(9-10-21(30)31)23(33)28-19(25(35)36)11-12-37-3/h4-8,15,17-20H,9-14,26H2,1-3H3,(H,27,34)(H,28,33)(H,29,32)(H,30,31)(H,35,36). The SMILES string of the molecule is CSCCC(NC(=O)C(CCC(=O)O)NC(=O)C(CC(C)C)NC(=O)C(N)Cc1ccccc1)C(=O)O. The summed E-state index contributed by atoms with van der Waals surface area (Å²) in [6.45, 7) is 3.71. The van der Waals surface area contributed by atoms with E-state index in [0.29, 0.717) is 5.75 Å². The maximum Gasteiger partial charge on any atom is 0.326 e. The lowest BCUT2D eigenvalue weighted by atomic mass is 10.0. The molecule has 0 spiro atoms. The van der Waals surface area contributed by atoms with Gasteiger partial charge >= 0.3 is 11.9 Å². The molecule has 4 atom stereocenters. The number of hydrogen-bond donors (Lipinski definition) is 6. The number of hydrogen-bond acceptors (Lipinski definition) is 7. The molecule has 0 heterocycles. The lowest BCUT2D eigenvalue weighted by Gasteiger charge is -2.26. The predicted molar refractivity (Wildman–Crippen MR) is 141 cm³/mol. The van der Waals surface area contributed by atoms with E-state index in [1.54, 1.807) is 6.26 Å². The van der Waals surface area contributed by atoms with Gasteiger partial charge in [0.25, 0.3) is 0 Å². The average molecular weight is 539 g/mol. The molecular weight excluding hydrogens is 500 g/mol. The summed E-state index contributed by atoms with van der Waals surface area (Å²) in [6.07, 6.45) is 1.79. The van der Waals surface area contributed by atoms with Crippen LogP contribution in [0, 0.1) is 5.92 Å². The first-order valence-corrected chi connectivity index (χ1v) is 13.5. The fourth-order valence-corrected chi connectivity index (χ4v) is 3.99. The van der Waals surface area contributed by atoms with Crippen LogP contribution in [0.3, 0.4) is 0 Å². The second-order valence-electron chi connectivity index (χ2n) is 9.16. The summed E-state index contributed by atoms with van der Waals surface area (Å²) < 4.78 is 0. The van der Waals surface area contributed by atoms with Crippen molar-refractivity contribution in [3.63, 3.8) is 0 Å². The van der Waals surface area contributed by atoms with Gasteiger partial charge in [-0.15, -0.1) is 0 Å². The number of aliphatic carboxylic acids is 2. The molecule has 0 aliphatic rings. The third-order valence-electron chi connectivity index (χ3n) is 5.48. The molecule has 1 aromatic carbocycles. The number of carboxylic acids is 2. The zero-order valence-electron chi connectivity index (χ0n) is 21.4. The number of carbonyl (C=O) groups excluding carboxylic acids is 3. The number of rotatable bonds is 17. The summed E-state index contributed by atoms with van der Waals surface area (Å²) in [5.41, 5.74) is 6.91. The molecule has 0 saturated carbocycles. The van der Waals surface area contributed by atoms with Crippen LogP contribution in [0.5, 0.6) is 0 Å². The number of carboxylic acid groups (broad SMARTS) is 2. The van der Waals surface area contributed by atoms with E-state index in [9.17, 15) is 29.1 Å². The highest BCUT2D eigenvalue weighted by Crippen LogP contribution is 2.09. The van der Waals surface area contributed by atoms with Crippen molar-refractivity contribution in [2.24, 2.45) is 11.7 Å². The highest BCUT2D eigenvalue weighted by molar-refractivity contribution is 7.98. The van der Waals surface area contributed by atoms with E-state index in [0.717, 1.165) is 5.56 Å². The summed E-state index contributed by atoms with van der Waals surface area (Å²) in [5, 5.41) is 26.0. The van der Waals surface area contributed by atoms with Crippen molar-refractivity contribution >= 4 is 41.4 Å². The van der Waals surface area contributed by atoms with Crippen LogP contribution in [-0.4, -0.2) is 76.0 Å². The molecule has 12 heteroatoms. The third kappa shape index (κ3) is 12.6. The third-order valence-corrected chi connectivity index (χ3v) is 6.12. The van der Waals surface area contributed by atoms with E-state index in [-0.39, 0.29) is 31.6 Å². The smallest absolute Gasteiger partial charge is 0.326 e. The van der Waals surface area contributed by atoms with Crippen molar-refractivity contribution in [3.8, 4) is 0 Å². The van der Waals surface area contributed by atoms with Crippen molar-refractivity contribution < 1.29 is 34.2 Å². The Morgan fingerprint density at radius 1 is 0.865 bits per heavy atom. The molecule has 0 bridgehead atoms. The van der Waals surface area contributed by atoms with Crippen LogP contribution >= 0.6 is 11.8 Å². The normalized spacial score (nSPS) is 14.2. The summed E-state index contributed by atoms with van der Waals surface area (Å²) in [5.74, 6) is -3.97. The van der Waals surface area contributed by atoms with Crippen LogP contribution < -0.4 is 21.7 Å². The first-order valence-electron chi connectivity index (χ1n) is 12.1. The van der Waals surface area contributed by atoms with Gasteiger partial charge in [-0.1, -0.05) is 44.2 Å². The van der Waals surface area contributed by atoms with E-state index >= 15 is 0 Å². The first kappa shape index (κ1) is 31.9. The Bertz CT molecular complexity index is 914. The highest BCUT2D eigenvalue weighted by atomic mass is 32.2. The van der Waals surface area contributed by atoms with Crippen LogP contribution in [0.25, 0.3) is 0 Å². The molecule has 0 aliphatic heterocycles. The Morgan fingerprint density at radius 3 is 1.97 bits per heavy atom. The van der Waals surface area contributed by atoms with Crippen molar-refractivity contribution in [3.05, 3.63) is 35.9 Å². The van der Waals surface area contributed by atoms with Crippen molar-refractivity contribution in [1.29, 1.82) is 0 Å². The van der Waals surface area contributed by atoms with E-state index < -0.39 is 60.2 Å². The minimum Gasteiger partial charge on any atom is -0.481 e. The molecule has 11 nitrogen and oxygen atoms in total. The van der Waals surface area contributed by atoms with E-state index in [1.165, 1.54) is 11.8 Å². The predicted octanol–water partition coefficient (Wildman–Crippen LogP) is 0.759. The largest absolute Gasteiger partial charge is 0.481 e. The van der Waals surface area contributed by atoms with Crippen LogP contribution in [0.2, 0.25) is 0 Å². The number of thioether (sulfide) groups is 1. The first-order chi connectivity index (χ1) is 17.4. The molecule has 37 heavy (non-hydrogen) atoms. The van der Waals surface area contributed by atoms with Crippen LogP contribution in [0.4, 0.5) is 0 Å². The quantitative estimate of drug-likeness (QED) is 0.166. The number of benzene rings is 1. The van der Waals surface area contributed by atoms with Gasteiger partial charge in [0, 0.05) is 6.42 Å². The molecule has 4 unspecified atom stereocenters. The Balaban J connectivity index is 2.97. The lowest BCUT2D eigenvalue weighted by Crippen LogP contribution is -2.57. The summed E-state index contributed by atoms with van der Waals surface area (Å²) in [7, 11) is 0. The van der Waals surface area contributed by atoms with Gasteiger partial charge in [0.05, 0.1) is 6.04 Å². The molecule has 7 N–H and O–H groups in total. The van der Waals surface area contributed by atoms with Gasteiger partial charge in [-0.05, 0) is 49.2 Å². The Kier molecular flexibility index (Phi) is 14.3. The second kappa shape index (κ2) is 16.6. The second-order valence-corrected chi connectivity index (χ2v) is 10.1. The summed E-state index contributed by atoms with van der Waals surface area (Å²) in [4.78, 5) is 61.4.